The molecule has 0 aliphatic rings. The third-order valence-electron chi connectivity index (χ3n) is 3.14. The second-order valence-corrected chi connectivity index (χ2v) is 5.17. The highest BCUT2D eigenvalue weighted by molar-refractivity contribution is 5.94. The lowest BCUT2D eigenvalue weighted by molar-refractivity contribution is -0.155. The lowest BCUT2D eigenvalue weighted by Crippen LogP contribution is -2.46. The first-order valence-electron chi connectivity index (χ1n) is 6.69. The van der Waals surface area contributed by atoms with Crippen molar-refractivity contribution in [3.63, 3.8) is 0 Å². The number of aromatic nitrogens is 2. The molecule has 1 amide bonds. The van der Waals surface area contributed by atoms with Gasteiger partial charge in [0.15, 0.2) is 5.60 Å². The van der Waals surface area contributed by atoms with E-state index in [4.69, 9.17) is 5.11 Å². The molecule has 0 radical (unpaired) electrons. The van der Waals surface area contributed by atoms with Crippen molar-refractivity contribution in [2.24, 2.45) is 0 Å². The van der Waals surface area contributed by atoms with Gasteiger partial charge < -0.3 is 15.5 Å². The Labute approximate surface area is 127 Å². The Balaban J connectivity index is 1.96. The van der Waals surface area contributed by atoms with Crippen LogP contribution in [0.3, 0.4) is 0 Å². The summed E-state index contributed by atoms with van der Waals surface area (Å²) < 4.78 is 1.61. The van der Waals surface area contributed by atoms with Gasteiger partial charge in [-0.3, -0.25) is 9.48 Å². The van der Waals surface area contributed by atoms with Gasteiger partial charge in [0, 0.05) is 6.20 Å². The summed E-state index contributed by atoms with van der Waals surface area (Å²) in [6.45, 7) is 1.26. The predicted octanol–water partition coefficient (Wildman–Crippen LogP) is 0.497. The zero-order valence-electron chi connectivity index (χ0n) is 12.1. The number of rotatable bonds is 6. The molecule has 1 atom stereocenters. The second kappa shape index (κ2) is 6.40. The van der Waals surface area contributed by atoms with E-state index in [-0.39, 0.29) is 6.54 Å². The SMILES string of the molecule is CC(O)(CNC(=O)c1cnn(Cc2ccccc2)c1)C(=O)O. The number of carbonyl (C=O) groups is 2. The number of benzene rings is 1. The molecule has 0 spiro atoms. The van der Waals surface area contributed by atoms with E-state index < -0.39 is 17.5 Å². The summed E-state index contributed by atoms with van der Waals surface area (Å²) in [4.78, 5) is 22.7. The standard InChI is InChI=1S/C15H17N3O4/c1-15(22,14(20)21)10-16-13(19)12-7-17-18(9-12)8-11-5-3-2-4-6-11/h2-7,9,22H,8,10H2,1H3,(H,16,19)(H,20,21). The molecule has 0 aliphatic heterocycles. The van der Waals surface area contributed by atoms with Crippen LogP contribution in [0.2, 0.25) is 0 Å². The summed E-state index contributed by atoms with van der Waals surface area (Å²) in [7, 11) is 0. The van der Waals surface area contributed by atoms with E-state index in [9.17, 15) is 14.7 Å². The monoisotopic (exact) mass is 303 g/mol. The van der Waals surface area contributed by atoms with Crippen molar-refractivity contribution in [3.05, 3.63) is 53.9 Å². The summed E-state index contributed by atoms with van der Waals surface area (Å²) in [5, 5.41) is 24.8. The zero-order chi connectivity index (χ0) is 16.2. The van der Waals surface area contributed by atoms with Crippen LogP contribution < -0.4 is 5.32 Å². The molecule has 0 saturated carbocycles. The topological polar surface area (TPSA) is 104 Å². The fourth-order valence-electron chi connectivity index (χ4n) is 1.77. The molecule has 1 unspecified atom stereocenters. The van der Waals surface area contributed by atoms with Gasteiger partial charge in [-0.2, -0.15) is 5.10 Å². The van der Waals surface area contributed by atoms with Gasteiger partial charge in [0.1, 0.15) is 0 Å². The largest absolute Gasteiger partial charge is 0.479 e. The first-order chi connectivity index (χ1) is 10.4. The van der Waals surface area contributed by atoms with E-state index in [2.05, 4.69) is 10.4 Å². The van der Waals surface area contributed by atoms with Crippen molar-refractivity contribution < 1.29 is 19.8 Å². The first-order valence-corrected chi connectivity index (χ1v) is 6.69. The third kappa shape index (κ3) is 3.92. The first kappa shape index (κ1) is 15.7. The van der Waals surface area contributed by atoms with Gasteiger partial charge in [0.05, 0.1) is 24.8 Å². The summed E-state index contributed by atoms with van der Waals surface area (Å²) in [5.41, 5.74) is -0.654. The lowest BCUT2D eigenvalue weighted by Gasteiger charge is -2.17. The minimum Gasteiger partial charge on any atom is -0.479 e. The Kier molecular flexibility index (Phi) is 4.57. The number of carboxylic acid groups (broad SMARTS) is 1. The maximum atomic E-state index is 11.9. The Hall–Kier alpha value is -2.67. The Morgan fingerprint density at radius 1 is 1.32 bits per heavy atom. The van der Waals surface area contributed by atoms with Crippen molar-refractivity contribution >= 4 is 11.9 Å². The fraction of sp³-hybridized carbons (Fsp3) is 0.267. The molecule has 1 aromatic heterocycles. The molecule has 116 valence electrons. The van der Waals surface area contributed by atoms with Crippen LogP contribution in [0.25, 0.3) is 0 Å². The highest BCUT2D eigenvalue weighted by Crippen LogP contribution is 2.05. The van der Waals surface area contributed by atoms with Gasteiger partial charge in [0.25, 0.3) is 5.91 Å². The summed E-state index contributed by atoms with van der Waals surface area (Å²) in [6.07, 6.45) is 2.96. The average molecular weight is 303 g/mol. The number of nitrogens with one attached hydrogen (secondary N) is 1. The van der Waals surface area contributed by atoms with Gasteiger partial charge in [-0.15, -0.1) is 0 Å². The number of nitrogens with zero attached hydrogens (tertiary/aromatic N) is 2. The molecule has 3 N–H and O–H groups in total. The molecule has 22 heavy (non-hydrogen) atoms. The minimum absolute atomic E-state index is 0.303. The van der Waals surface area contributed by atoms with Gasteiger partial charge in [-0.25, -0.2) is 4.79 Å². The summed E-state index contributed by atoms with van der Waals surface area (Å²) in [6, 6.07) is 9.65. The van der Waals surface area contributed by atoms with E-state index in [0.717, 1.165) is 12.5 Å². The predicted molar refractivity (Wildman–Crippen MR) is 78.4 cm³/mol. The molecule has 7 nitrogen and oxygen atoms in total. The molecule has 7 heteroatoms. The van der Waals surface area contributed by atoms with Gasteiger partial charge >= 0.3 is 5.97 Å². The summed E-state index contributed by atoms with van der Waals surface area (Å²) in [5.74, 6) is -1.88. The maximum Gasteiger partial charge on any atom is 0.337 e. The van der Waals surface area contributed by atoms with E-state index in [1.54, 1.807) is 10.9 Å². The van der Waals surface area contributed by atoms with Crippen LogP contribution in [0.5, 0.6) is 0 Å². The van der Waals surface area contributed by atoms with Crippen LogP contribution in [0.1, 0.15) is 22.8 Å². The van der Waals surface area contributed by atoms with Crippen molar-refractivity contribution in [2.75, 3.05) is 6.54 Å². The Morgan fingerprint density at radius 2 is 2.00 bits per heavy atom. The quantitative estimate of drug-likeness (QED) is 0.720. The average Bonchev–Trinajstić information content (AvgIpc) is 2.94. The number of hydrogen-bond donors (Lipinski definition) is 3. The molecule has 0 aliphatic carbocycles. The number of carboxylic acids is 1. The van der Waals surface area contributed by atoms with Gasteiger partial charge in [0.2, 0.25) is 0 Å². The molecule has 0 bridgehead atoms. The number of aliphatic hydroxyl groups is 1. The normalized spacial score (nSPS) is 13.4. The second-order valence-electron chi connectivity index (χ2n) is 5.17. The lowest BCUT2D eigenvalue weighted by atomic mass is 10.1. The molecule has 0 saturated heterocycles. The van der Waals surface area contributed by atoms with Crippen LogP contribution >= 0.6 is 0 Å². The van der Waals surface area contributed by atoms with Gasteiger partial charge in [-0.05, 0) is 12.5 Å². The molecule has 0 fully saturated rings. The number of amides is 1. The van der Waals surface area contributed by atoms with E-state index >= 15 is 0 Å². The fourth-order valence-corrected chi connectivity index (χ4v) is 1.77. The van der Waals surface area contributed by atoms with E-state index in [1.165, 1.54) is 6.20 Å². The summed E-state index contributed by atoms with van der Waals surface area (Å²) >= 11 is 0. The molecule has 2 rings (SSSR count). The molecule has 1 aromatic carbocycles. The molecular weight excluding hydrogens is 286 g/mol. The molecule has 1 heterocycles. The van der Waals surface area contributed by atoms with Crippen LogP contribution in [0.4, 0.5) is 0 Å². The van der Waals surface area contributed by atoms with E-state index in [1.807, 2.05) is 30.3 Å². The van der Waals surface area contributed by atoms with E-state index in [0.29, 0.717) is 12.1 Å². The third-order valence-corrected chi connectivity index (χ3v) is 3.14. The van der Waals surface area contributed by atoms with Gasteiger partial charge in [-0.1, -0.05) is 30.3 Å². The number of hydrogen-bond acceptors (Lipinski definition) is 4. The molecular formula is C15H17N3O4. The van der Waals surface area contributed by atoms with Crippen molar-refractivity contribution in [2.45, 2.75) is 19.1 Å². The highest BCUT2D eigenvalue weighted by atomic mass is 16.4. The number of carbonyl (C=O) groups excluding carboxylic acids is 1. The van der Waals surface area contributed by atoms with Crippen LogP contribution in [0.15, 0.2) is 42.7 Å². The van der Waals surface area contributed by atoms with Crippen LogP contribution in [0, 0.1) is 0 Å². The Morgan fingerprint density at radius 3 is 2.64 bits per heavy atom. The van der Waals surface area contributed by atoms with Crippen molar-refractivity contribution in [1.82, 2.24) is 15.1 Å². The zero-order valence-corrected chi connectivity index (χ0v) is 12.1. The van der Waals surface area contributed by atoms with Crippen molar-refractivity contribution in [1.29, 1.82) is 0 Å². The molecule has 2 aromatic rings. The van der Waals surface area contributed by atoms with Crippen LogP contribution in [-0.2, 0) is 11.3 Å². The number of aliphatic carboxylic acids is 1. The Bertz CT molecular complexity index is 664. The minimum atomic E-state index is -2.00. The van der Waals surface area contributed by atoms with Crippen LogP contribution in [-0.4, -0.2) is 44.0 Å². The smallest absolute Gasteiger partial charge is 0.337 e. The highest BCUT2D eigenvalue weighted by Gasteiger charge is 2.30. The maximum absolute atomic E-state index is 11.9. The van der Waals surface area contributed by atoms with Crippen molar-refractivity contribution in [3.8, 4) is 0 Å².